The SMILES string of the molecule is C/C(=N\NC(=O)c1ccc(C(=O)N/N=C(\C)c2cccc(NC(=O)C3CCCCC3)c2)o1)c1cccc(NC(=O)C2CCCCC2)c1. The summed E-state index contributed by atoms with van der Waals surface area (Å²) >= 11 is 0. The van der Waals surface area contributed by atoms with Gasteiger partial charge in [-0.15, -0.1) is 0 Å². The van der Waals surface area contributed by atoms with Crippen molar-refractivity contribution in [1.29, 1.82) is 0 Å². The van der Waals surface area contributed by atoms with Crippen molar-refractivity contribution in [3.05, 3.63) is 83.3 Å². The van der Waals surface area contributed by atoms with E-state index in [4.69, 9.17) is 4.42 Å². The van der Waals surface area contributed by atoms with E-state index in [1.54, 1.807) is 13.8 Å². The Labute approximate surface area is 274 Å². The average Bonchev–Trinajstić information content (AvgIpc) is 3.61. The molecule has 2 saturated carbocycles. The van der Waals surface area contributed by atoms with Gasteiger partial charge in [-0.05, 0) is 87.1 Å². The van der Waals surface area contributed by atoms with Crippen molar-refractivity contribution in [3.8, 4) is 0 Å². The molecule has 2 aliphatic rings. The Kier molecular flexibility index (Phi) is 11.3. The van der Waals surface area contributed by atoms with Crippen molar-refractivity contribution in [2.75, 3.05) is 10.6 Å². The fourth-order valence-corrected chi connectivity index (χ4v) is 5.95. The minimum Gasteiger partial charge on any atom is -0.446 e. The van der Waals surface area contributed by atoms with Gasteiger partial charge >= 0.3 is 11.8 Å². The molecule has 2 aliphatic carbocycles. The first-order chi connectivity index (χ1) is 22.8. The minimum atomic E-state index is -0.628. The molecule has 47 heavy (non-hydrogen) atoms. The molecule has 2 aromatic carbocycles. The first-order valence-corrected chi connectivity index (χ1v) is 16.4. The maximum Gasteiger partial charge on any atom is 0.307 e. The summed E-state index contributed by atoms with van der Waals surface area (Å²) < 4.78 is 5.47. The van der Waals surface area contributed by atoms with E-state index < -0.39 is 11.8 Å². The first-order valence-electron chi connectivity index (χ1n) is 16.4. The van der Waals surface area contributed by atoms with Crippen molar-refractivity contribution < 1.29 is 23.6 Å². The lowest BCUT2D eigenvalue weighted by Crippen LogP contribution is -2.24. The predicted molar refractivity (Wildman–Crippen MR) is 181 cm³/mol. The molecule has 1 heterocycles. The molecule has 0 bridgehead atoms. The Morgan fingerprint density at radius 1 is 0.596 bits per heavy atom. The molecule has 5 rings (SSSR count). The molecule has 0 radical (unpaired) electrons. The zero-order valence-corrected chi connectivity index (χ0v) is 26.9. The van der Waals surface area contributed by atoms with Crippen LogP contribution in [-0.2, 0) is 9.59 Å². The first kappa shape index (κ1) is 33.3. The van der Waals surface area contributed by atoms with Crippen LogP contribution in [0, 0.1) is 11.8 Å². The molecule has 0 atom stereocenters. The summed E-state index contributed by atoms with van der Waals surface area (Å²) in [7, 11) is 0. The van der Waals surface area contributed by atoms with Crippen LogP contribution in [0.25, 0.3) is 0 Å². The van der Waals surface area contributed by atoms with Gasteiger partial charge in [-0.1, -0.05) is 62.8 Å². The van der Waals surface area contributed by atoms with Gasteiger partial charge in [0.1, 0.15) is 0 Å². The summed E-state index contributed by atoms with van der Waals surface area (Å²) in [6, 6.07) is 17.4. The highest BCUT2D eigenvalue weighted by Crippen LogP contribution is 2.26. The van der Waals surface area contributed by atoms with Crippen LogP contribution < -0.4 is 21.5 Å². The summed E-state index contributed by atoms with van der Waals surface area (Å²) in [6.07, 6.45) is 10.3. The Hall–Kier alpha value is -5.06. The third kappa shape index (κ3) is 9.25. The van der Waals surface area contributed by atoms with E-state index in [2.05, 4.69) is 31.7 Å². The number of hydrogen-bond donors (Lipinski definition) is 4. The highest BCUT2D eigenvalue weighted by Gasteiger charge is 2.22. The number of hydrazone groups is 2. The topological polar surface area (TPSA) is 154 Å². The van der Waals surface area contributed by atoms with E-state index in [-0.39, 0.29) is 35.2 Å². The van der Waals surface area contributed by atoms with Gasteiger partial charge in [0.2, 0.25) is 11.8 Å². The summed E-state index contributed by atoms with van der Waals surface area (Å²) in [5, 5.41) is 14.3. The maximum absolute atomic E-state index is 12.7. The number of amides is 4. The molecule has 11 heteroatoms. The lowest BCUT2D eigenvalue weighted by Gasteiger charge is -2.20. The molecule has 3 aromatic rings. The normalized spacial score (nSPS) is 16.3. The molecule has 0 saturated heterocycles. The second-order valence-corrected chi connectivity index (χ2v) is 12.3. The van der Waals surface area contributed by atoms with E-state index in [1.807, 2.05) is 48.5 Å². The lowest BCUT2D eigenvalue weighted by atomic mass is 9.88. The van der Waals surface area contributed by atoms with Crippen molar-refractivity contribution in [3.63, 3.8) is 0 Å². The summed E-state index contributed by atoms with van der Waals surface area (Å²) in [5.41, 5.74) is 8.77. The third-order valence-electron chi connectivity index (χ3n) is 8.75. The van der Waals surface area contributed by atoms with Gasteiger partial charge in [0, 0.05) is 23.2 Å². The predicted octanol–water partition coefficient (Wildman–Crippen LogP) is 6.63. The van der Waals surface area contributed by atoms with Gasteiger partial charge in [-0.25, -0.2) is 10.9 Å². The van der Waals surface area contributed by atoms with Crippen LogP contribution >= 0.6 is 0 Å². The Balaban J connectivity index is 1.13. The number of anilines is 2. The molecule has 0 spiro atoms. The van der Waals surface area contributed by atoms with E-state index in [1.165, 1.54) is 25.0 Å². The van der Waals surface area contributed by atoms with Gasteiger partial charge in [-0.2, -0.15) is 10.2 Å². The molecule has 4 amide bonds. The van der Waals surface area contributed by atoms with Crippen LogP contribution in [-0.4, -0.2) is 35.1 Å². The largest absolute Gasteiger partial charge is 0.446 e. The van der Waals surface area contributed by atoms with Gasteiger partial charge in [-0.3, -0.25) is 19.2 Å². The van der Waals surface area contributed by atoms with Crippen molar-refractivity contribution in [1.82, 2.24) is 10.9 Å². The number of benzene rings is 2. The van der Waals surface area contributed by atoms with Gasteiger partial charge in [0.25, 0.3) is 0 Å². The highest BCUT2D eigenvalue weighted by molar-refractivity contribution is 6.03. The standard InChI is InChI=1S/C36H42N6O5/c1-23(27-15-9-17-29(21-27)37-33(43)25-11-5-3-6-12-25)39-41-35(45)31-19-20-32(47-31)36(46)42-40-24(2)28-16-10-18-30(22-28)38-34(44)26-13-7-4-8-14-26/h9-10,15-22,25-26H,3-8,11-14H2,1-2H3,(H,37,43)(H,38,44)(H,41,45)(H,42,46)/b39-23+,40-24+. The Morgan fingerprint density at radius 3 is 1.40 bits per heavy atom. The molecule has 11 nitrogen and oxygen atoms in total. The van der Waals surface area contributed by atoms with Crippen molar-refractivity contribution in [2.24, 2.45) is 22.0 Å². The van der Waals surface area contributed by atoms with Crippen LogP contribution in [0.15, 0.2) is 75.3 Å². The van der Waals surface area contributed by atoms with Crippen molar-refractivity contribution >= 4 is 46.4 Å². The average molecular weight is 639 g/mol. The second kappa shape index (κ2) is 16.0. The number of nitrogens with one attached hydrogen (secondary N) is 4. The van der Waals surface area contributed by atoms with E-state index in [0.29, 0.717) is 22.8 Å². The lowest BCUT2D eigenvalue weighted by molar-refractivity contribution is -0.121. The van der Waals surface area contributed by atoms with Gasteiger partial charge in [0.05, 0.1) is 11.4 Å². The fourth-order valence-electron chi connectivity index (χ4n) is 5.95. The van der Waals surface area contributed by atoms with E-state index in [9.17, 15) is 19.2 Å². The minimum absolute atomic E-state index is 0.0347. The molecule has 1 aromatic heterocycles. The number of hydrogen-bond acceptors (Lipinski definition) is 7. The van der Waals surface area contributed by atoms with Gasteiger partial charge in [0.15, 0.2) is 11.5 Å². The zero-order valence-electron chi connectivity index (χ0n) is 26.9. The van der Waals surface area contributed by atoms with E-state index in [0.717, 1.165) is 62.5 Å². The second-order valence-electron chi connectivity index (χ2n) is 12.3. The van der Waals surface area contributed by atoms with Crippen LogP contribution in [0.4, 0.5) is 11.4 Å². The van der Waals surface area contributed by atoms with Crippen molar-refractivity contribution in [2.45, 2.75) is 78.1 Å². The van der Waals surface area contributed by atoms with Crippen LogP contribution in [0.5, 0.6) is 0 Å². The molecular formula is C36H42N6O5. The van der Waals surface area contributed by atoms with E-state index >= 15 is 0 Å². The summed E-state index contributed by atoms with van der Waals surface area (Å²) in [4.78, 5) is 50.7. The fraction of sp³-hybridized carbons (Fsp3) is 0.389. The van der Waals surface area contributed by atoms with Crippen LogP contribution in [0.1, 0.15) is 110 Å². The maximum atomic E-state index is 12.7. The number of carbonyl (C=O) groups excluding carboxylic acids is 4. The molecule has 0 aliphatic heterocycles. The third-order valence-corrected chi connectivity index (χ3v) is 8.75. The molecular weight excluding hydrogens is 596 g/mol. The molecule has 0 unspecified atom stereocenters. The summed E-state index contributed by atoms with van der Waals surface area (Å²) in [5.74, 6) is -1.29. The number of carbonyl (C=O) groups is 4. The number of furan rings is 1. The number of nitrogens with zero attached hydrogens (tertiary/aromatic N) is 2. The van der Waals surface area contributed by atoms with Crippen LogP contribution in [0.2, 0.25) is 0 Å². The molecule has 246 valence electrons. The zero-order chi connectivity index (χ0) is 33.2. The Morgan fingerprint density at radius 2 is 1.00 bits per heavy atom. The number of rotatable bonds is 10. The van der Waals surface area contributed by atoms with Crippen LogP contribution in [0.3, 0.4) is 0 Å². The molecule has 4 N–H and O–H groups in total. The summed E-state index contributed by atoms with van der Waals surface area (Å²) in [6.45, 7) is 3.48. The smallest absolute Gasteiger partial charge is 0.307 e. The monoisotopic (exact) mass is 638 g/mol. The highest BCUT2D eigenvalue weighted by atomic mass is 16.4. The quantitative estimate of drug-likeness (QED) is 0.145. The molecule has 2 fully saturated rings. The van der Waals surface area contributed by atoms with Gasteiger partial charge < -0.3 is 15.1 Å². The Bertz CT molecular complexity index is 1540.